The Morgan fingerprint density at radius 2 is 1.96 bits per heavy atom. The highest BCUT2D eigenvalue weighted by Gasteiger charge is 2.04. The second kappa shape index (κ2) is 8.50. The molecule has 0 unspecified atom stereocenters. The van der Waals surface area contributed by atoms with Crippen LogP contribution in [-0.4, -0.2) is 24.8 Å². The fraction of sp³-hybridized carbons (Fsp3) is 0.263. The zero-order valence-corrected chi connectivity index (χ0v) is 14.8. The zero-order valence-electron chi connectivity index (χ0n) is 14.0. The van der Waals surface area contributed by atoms with Gasteiger partial charge in [-0.2, -0.15) is 0 Å². The van der Waals surface area contributed by atoms with Crippen LogP contribution in [0.2, 0.25) is 5.02 Å². The number of ether oxygens (including phenoxy) is 1. The predicted octanol–water partition coefficient (Wildman–Crippen LogP) is 4.30. The van der Waals surface area contributed by atoms with Crippen LogP contribution in [0.5, 0.6) is 5.75 Å². The van der Waals surface area contributed by atoms with Gasteiger partial charge >= 0.3 is 0 Å². The summed E-state index contributed by atoms with van der Waals surface area (Å²) in [7, 11) is 0. The maximum atomic E-state index is 11.5. The van der Waals surface area contributed by atoms with Crippen LogP contribution in [0.1, 0.15) is 25.0 Å². The van der Waals surface area contributed by atoms with Crippen LogP contribution in [0.25, 0.3) is 0 Å². The molecule has 1 amide bonds. The topological polar surface area (TPSA) is 50.7 Å². The summed E-state index contributed by atoms with van der Waals surface area (Å²) in [5, 5.41) is 3.48. The lowest BCUT2D eigenvalue weighted by molar-refractivity contribution is -0.123. The average Bonchev–Trinajstić information content (AvgIpc) is 2.54. The maximum Gasteiger partial charge on any atom is 0.258 e. The second-order valence-corrected chi connectivity index (χ2v) is 6.18. The van der Waals surface area contributed by atoms with Gasteiger partial charge in [-0.3, -0.25) is 9.79 Å². The van der Waals surface area contributed by atoms with Gasteiger partial charge in [0.25, 0.3) is 5.91 Å². The number of carbonyl (C=O) groups is 1. The third-order valence-corrected chi connectivity index (χ3v) is 3.63. The van der Waals surface area contributed by atoms with Gasteiger partial charge in [0.1, 0.15) is 5.75 Å². The minimum Gasteiger partial charge on any atom is -0.484 e. The molecule has 0 saturated carbocycles. The summed E-state index contributed by atoms with van der Waals surface area (Å²) in [5.74, 6) is 0.510. The minimum absolute atomic E-state index is 0.00742. The average molecular weight is 345 g/mol. The van der Waals surface area contributed by atoms with Crippen molar-refractivity contribution in [3.05, 3.63) is 58.6 Å². The molecule has 4 nitrogen and oxygen atoms in total. The normalized spacial score (nSPS) is 11.0. The highest BCUT2D eigenvalue weighted by molar-refractivity contribution is 6.31. The van der Waals surface area contributed by atoms with Crippen molar-refractivity contribution in [3.8, 4) is 5.75 Å². The van der Waals surface area contributed by atoms with Gasteiger partial charge in [0.2, 0.25) is 0 Å². The number of aliphatic imine (C=N–C) groups is 1. The standard InChI is InChI=1S/C19H21ClN2O2/c1-13(2)22-19(23)12-24-17-8-5-15(6-9-17)11-21-16-7-4-14(3)18(20)10-16/h4-11,13H,12H2,1-3H3,(H,22,23). The van der Waals surface area contributed by atoms with Gasteiger partial charge in [-0.05, 0) is 68.3 Å². The van der Waals surface area contributed by atoms with Crippen molar-refractivity contribution in [3.63, 3.8) is 0 Å². The molecule has 2 rings (SSSR count). The van der Waals surface area contributed by atoms with Gasteiger partial charge < -0.3 is 10.1 Å². The quantitative estimate of drug-likeness (QED) is 0.794. The van der Waals surface area contributed by atoms with Crippen LogP contribution in [0.15, 0.2) is 47.5 Å². The van der Waals surface area contributed by atoms with Gasteiger partial charge in [0.05, 0.1) is 5.69 Å². The third kappa shape index (κ3) is 5.70. The molecular formula is C19H21ClN2O2. The molecule has 0 heterocycles. The number of nitrogens with one attached hydrogen (secondary N) is 1. The molecule has 2 aromatic rings. The van der Waals surface area contributed by atoms with Crippen molar-refractivity contribution in [1.82, 2.24) is 5.32 Å². The highest BCUT2D eigenvalue weighted by atomic mass is 35.5. The molecule has 0 bridgehead atoms. The number of rotatable bonds is 6. The summed E-state index contributed by atoms with van der Waals surface area (Å²) in [6.07, 6.45) is 1.76. The number of nitrogens with zero attached hydrogens (tertiary/aromatic N) is 1. The Labute approximate surface area is 147 Å². The van der Waals surface area contributed by atoms with Gasteiger partial charge in [0, 0.05) is 17.3 Å². The Hall–Kier alpha value is -2.33. The zero-order chi connectivity index (χ0) is 17.5. The maximum absolute atomic E-state index is 11.5. The van der Waals surface area contributed by atoms with E-state index in [1.54, 1.807) is 6.21 Å². The van der Waals surface area contributed by atoms with E-state index in [0.717, 1.165) is 16.8 Å². The van der Waals surface area contributed by atoms with E-state index in [9.17, 15) is 4.79 Å². The largest absolute Gasteiger partial charge is 0.484 e. The van der Waals surface area contributed by atoms with E-state index < -0.39 is 0 Å². The molecule has 0 aromatic heterocycles. The summed E-state index contributed by atoms with van der Waals surface area (Å²) in [6.45, 7) is 5.78. The van der Waals surface area contributed by atoms with Gasteiger partial charge in [-0.1, -0.05) is 17.7 Å². The summed E-state index contributed by atoms with van der Waals surface area (Å²) < 4.78 is 5.44. The van der Waals surface area contributed by atoms with Crippen molar-refractivity contribution < 1.29 is 9.53 Å². The summed E-state index contributed by atoms with van der Waals surface area (Å²) in [4.78, 5) is 15.9. The van der Waals surface area contributed by atoms with Gasteiger partial charge in [-0.25, -0.2) is 0 Å². The Morgan fingerprint density at radius 3 is 2.58 bits per heavy atom. The molecule has 0 aliphatic heterocycles. The first kappa shape index (κ1) is 18.0. The number of amides is 1. The van der Waals surface area contributed by atoms with E-state index in [1.807, 2.05) is 63.2 Å². The fourth-order valence-electron chi connectivity index (χ4n) is 1.97. The molecule has 24 heavy (non-hydrogen) atoms. The number of halogens is 1. The molecule has 5 heteroatoms. The van der Waals surface area contributed by atoms with E-state index >= 15 is 0 Å². The summed E-state index contributed by atoms with van der Waals surface area (Å²) in [5.41, 5.74) is 2.76. The Kier molecular flexibility index (Phi) is 6.38. The lowest BCUT2D eigenvalue weighted by atomic mass is 10.2. The van der Waals surface area contributed by atoms with Crippen LogP contribution in [-0.2, 0) is 4.79 Å². The molecular weight excluding hydrogens is 324 g/mol. The highest BCUT2D eigenvalue weighted by Crippen LogP contribution is 2.22. The Balaban J connectivity index is 1.93. The Bertz CT molecular complexity index is 725. The molecule has 0 fully saturated rings. The smallest absolute Gasteiger partial charge is 0.258 e. The van der Waals surface area contributed by atoms with Crippen LogP contribution >= 0.6 is 11.6 Å². The van der Waals surface area contributed by atoms with E-state index in [4.69, 9.17) is 16.3 Å². The van der Waals surface area contributed by atoms with Crippen LogP contribution < -0.4 is 10.1 Å². The lowest BCUT2D eigenvalue weighted by Crippen LogP contribution is -2.34. The molecule has 126 valence electrons. The fourth-order valence-corrected chi connectivity index (χ4v) is 2.15. The third-order valence-electron chi connectivity index (χ3n) is 3.22. The van der Waals surface area contributed by atoms with Crippen LogP contribution in [0.3, 0.4) is 0 Å². The summed E-state index contributed by atoms with van der Waals surface area (Å²) in [6, 6.07) is 13.2. The first-order valence-corrected chi connectivity index (χ1v) is 8.14. The molecule has 0 spiro atoms. The van der Waals surface area contributed by atoms with E-state index in [0.29, 0.717) is 10.8 Å². The minimum atomic E-state index is -0.133. The van der Waals surface area contributed by atoms with Crippen molar-refractivity contribution in [1.29, 1.82) is 0 Å². The number of hydrogen-bond acceptors (Lipinski definition) is 3. The van der Waals surface area contributed by atoms with Crippen LogP contribution in [0.4, 0.5) is 5.69 Å². The van der Waals surface area contributed by atoms with Gasteiger partial charge in [0.15, 0.2) is 6.61 Å². The summed E-state index contributed by atoms with van der Waals surface area (Å²) >= 11 is 6.08. The molecule has 0 aliphatic carbocycles. The van der Waals surface area contributed by atoms with Crippen molar-refractivity contribution >= 4 is 29.4 Å². The number of carbonyl (C=O) groups excluding carboxylic acids is 1. The predicted molar refractivity (Wildman–Crippen MR) is 98.7 cm³/mol. The van der Waals surface area contributed by atoms with E-state index in [2.05, 4.69) is 10.3 Å². The first-order valence-electron chi connectivity index (χ1n) is 7.76. The molecule has 0 radical (unpaired) electrons. The van der Waals surface area contributed by atoms with E-state index in [1.165, 1.54) is 0 Å². The van der Waals surface area contributed by atoms with Crippen LogP contribution in [0, 0.1) is 6.92 Å². The number of hydrogen-bond donors (Lipinski definition) is 1. The lowest BCUT2D eigenvalue weighted by Gasteiger charge is -2.09. The molecule has 0 saturated heterocycles. The van der Waals surface area contributed by atoms with Crippen molar-refractivity contribution in [2.24, 2.45) is 4.99 Å². The number of benzene rings is 2. The van der Waals surface area contributed by atoms with Crippen molar-refractivity contribution in [2.45, 2.75) is 26.8 Å². The van der Waals surface area contributed by atoms with E-state index in [-0.39, 0.29) is 18.6 Å². The molecule has 0 aliphatic rings. The SMILES string of the molecule is Cc1ccc(N=Cc2ccc(OCC(=O)NC(C)C)cc2)cc1Cl. The first-order chi connectivity index (χ1) is 11.4. The Morgan fingerprint density at radius 1 is 1.25 bits per heavy atom. The second-order valence-electron chi connectivity index (χ2n) is 5.77. The van der Waals surface area contributed by atoms with Gasteiger partial charge in [-0.15, -0.1) is 0 Å². The number of aryl methyl sites for hydroxylation is 1. The monoisotopic (exact) mass is 344 g/mol. The molecule has 1 N–H and O–H groups in total. The van der Waals surface area contributed by atoms with Crippen molar-refractivity contribution in [2.75, 3.05) is 6.61 Å². The molecule has 0 atom stereocenters. The molecule has 2 aromatic carbocycles.